The maximum atomic E-state index is 13.4. The molecule has 0 saturated heterocycles. The van der Waals surface area contributed by atoms with E-state index in [0.717, 1.165) is 4.57 Å². The predicted octanol–water partition coefficient (Wildman–Crippen LogP) is 1.87. The first-order chi connectivity index (χ1) is 8.59. The zero-order valence-electron chi connectivity index (χ0n) is 9.14. The summed E-state index contributed by atoms with van der Waals surface area (Å²) in [4.78, 5) is 27.4. The smallest absolute Gasteiger partial charge is 0.267 e. The van der Waals surface area contributed by atoms with Crippen molar-refractivity contribution in [1.82, 2.24) is 9.55 Å². The minimum absolute atomic E-state index is 0.0248. The van der Waals surface area contributed by atoms with E-state index >= 15 is 0 Å². The highest BCUT2D eigenvalue weighted by atomic mass is 127. The maximum Gasteiger partial charge on any atom is 0.267 e. The van der Waals surface area contributed by atoms with E-state index in [2.05, 4.69) is 4.98 Å². The van der Waals surface area contributed by atoms with Gasteiger partial charge in [0, 0.05) is 6.20 Å². The molecule has 0 spiro atoms. The third-order valence-electron chi connectivity index (χ3n) is 2.35. The molecule has 0 saturated carbocycles. The standard InChI is InChI=1S/C12H8FIN2O2/c13-9-4-2-1-3-8(9)11(17)6-16-7-15-5-10(14)12(16)18/h1-5,7H,6H2. The van der Waals surface area contributed by atoms with Crippen LogP contribution in [0.25, 0.3) is 0 Å². The molecule has 0 radical (unpaired) electrons. The molecule has 0 aliphatic carbocycles. The molecule has 2 aromatic rings. The van der Waals surface area contributed by atoms with Crippen molar-refractivity contribution in [1.29, 1.82) is 0 Å². The molecule has 0 amide bonds. The van der Waals surface area contributed by atoms with Gasteiger partial charge in [-0.1, -0.05) is 12.1 Å². The number of halogens is 2. The van der Waals surface area contributed by atoms with Crippen LogP contribution in [0.2, 0.25) is 0 Å². The summed E-state index contributed by atoms with van der Waals surface area (Å²) in [6, 6.07) is 5.68. The van der Waals surface area contributed by atoms with E-state index in [1.54, 1.807) is 6.07 Å². The number of benzene rings is 1. The monoisotopic (exact) mass is 358 g/mol. The lowest BCUT2D eigenvalue weighted by Gasteiger charge is -2.05. The molecule has 0 unspecified atom stereocenters. The Hall–Kier alpha value is -1.57. The second-order valence-corrected chi connectivity index (χ2v) is 4.74. The van der Waals surface area contributed by atoms with Gasteiger partial charge in [-0.25, -0.2) is 9.37 Å². The van der Waals surface area contributed by atoms with Crippen LogP contribution in [-0.2, 0) is 6.54 Å². The summed E-state index contributed by atoms with van der Waals surface area (Å²) < 4.78 is 15.0. The van der Waals surface area contributed by atoms with Crippen LogP contribution in [-0.4, -0.2) is 15.3 Å². The lowest BCUT2D eigenvalue weighted by Crippen LogP contribution is -2.26. The van der Waals surface area contributed by atoms with Gasteiger partial charge in [-0.15, -0.1) is 0 Å². The van der Waals surface area contributed by atoms with E-state index in [0.29, 0.717) is 3.57 Å². The van der Waals surface area contributed by atoms with Crippen molar-refractivity contribution in [3.63, 3.8) is 0 Å². The van der Waals surface area contributed by atoms with E-state index in [1.165, 1.54) is 30.7 Å². The van der Waals surface area contributed by atoms with Crippen molar-refractivity contribution >= 4 is 28.4 Å². The van der Waals surface area contributed by atoms with Crippen LogP contribution in [0.5, 0.6) is 0 Å². The highest BCUT2D eigenvalue weighted by Gasteiger charge is 2.12. The largest absolute Gasteiger partial charge is 0.292 e. The molecule has 0 fully saturated rings. The first kappa shape index (κ1) is 12.9. The van der Waals surface area contributed by atoms with E-state index in [1.807, 2.05) is 22.6 Å². The van der Waals surface area contributed by atoms with E-state index < -0.39 is 11.6 Å². The van der Waals surface area contributed by atoms with E-state index in [9.17, 15) is 14.0 Å². The summed E-state index contributed by atoms with van der Waals surface area (Å²) in [6.07, 6.45) is 2.68. The number of hydrogen-bond acceptors (Lipinski definition) is 3. The zero-order valence-corrected chi connectivity index (χ0v) is 11.3. The number of carbonyl (C=O) groups is 1. The van der Waals surface area contributed by atoms with Crippen LogP contribution in [0.15, 0.2) is 41.6 Å². The van der Waals surface area contributed by atoms with Gasteiger partial charge in [0.05, 0.1) is 22.0 Å². The fraction of sp³-hybridized carbons (Fsp3) is 0.0833. The van der Waals surface area contributed by atoms with Crippen LogP contribution in [0.4, 0.5) is 4.39 Å². The molecule has 6 heteroatoms. The van der Waals surface area contributed by atoms with E-state index in [-0.39, 0.29) is 17.7 Å². The first-order valence-corrected chi connectivity index (χ1v) is 6.15. The molecule has 0 bridgehead atoms. The van der Waals surface area contributed by atoms with Crippen molar-refractivity contribution in [2.75, 3.05) is 0 Å². The second kappa shape index (κ2) is 5.38. The number of rotatable bonds is 3. The van der Waals surface area contributed by atoms with Gasteiger partial charge in [-0.3, -0.25) is 14.2 Å². The summed E-state index contributed by atoms with van der Waals surface area (Å²) in [5, 5.41) is 0. The average Bonchev–Trinajstić information content (AvgIpc) is 2.35. The van der Waals surface area contributed by atoms with Crippen molar-refractivity contribution in [3.8, 4) is 0 Å². The predicted molar refractivity (Wildman–Crippen MR) is 71.9 cm³/mol. The Morgan fingerprint density at radius 3 is 2.83 bits per heavy atom. The molecule has 0 aliphatic heterocycles. The molecule has 0 N–H and O–H groups in total. The van der Waals surface area contributed by atoms with Gasteiger partial charge in [-0.2, -0.15) is 0 Å². The summed E-state index contributed by atoms with van der Waals surface area (Å²) in [6.45, 7) is -0.219. The molecule has 1 aromatic carbocycles. The fourth-order valence-electron chi connectivity index (χ4n) is 1.46. The van der Waals surface area contributed by atoms with Crippen molar-refractivity contribution in [3.05, 3.63) is 62.1 Å². The Kier molecular flexibility index (Phi) is 3.85. The van der Waals surface area contributed by atoms with Crippen LogP contribution >= 0.6 is 22.6 Å². The van der Waals surface area contributed by atoms with Gasteiger partial charge in [0.15, 0.2) is 5.78 Å². The normalized spacial score (nSPS) is 10.3. The van der Waals surface area contributed by atoms with Crippen LogP contribution in [0, 0.1) is 9.39 Å². The summed E-state index contributed by atoms with van der Waals surface area (Å²) >= 11 is 1.84. The highest BCUT2D eigenvalue weighted by molar-refractivity contribution is 14.1. The van der Waals surface area contributed by atoms with Gasteiger partial charge < -0.3 is 0 Å². The quantitative estimate of drug-likeness (QED) is 0.622. The second-order valence-electron chi connectivity index (χ2n) is 3.58. The molecule has 2 rings (SSSR count). The minimum atomic E-state index is -0.589. The molecular formula is C12H8FIN2O2. The Bertz CT molecular complexity index is 655. The molecule has 92 valence electrons. The third kappa shape index (κ3) is 2.63. The number of Topliss-reactive ketones (excluding diaryl/α,β-unsaturated/α-hetero) is 1. The van der Waals surface area contributed by atoms with Crippen molar-refractivity contribution < 1.29 is 9.18 Å². The maximum absolute atomic E-state index is 13.4. The van der Waals surface area contributed by atoms with Gasteiger partial charge >= 0.3 is 0 Å². The van der Waals surface area contributed by atoms with Gasteiger partial charge in [-0.05, 0) is 34.7 Å². The number of nitrogens with zero attached hydrogens (tertiary/aromatic N) is 2. The summed E-state index contributed by atoms with van der Waals surface area (Å²) in [7, 11) is 0. The van der Waals surface area contributed by atoms with Crippen LogP contribution in [0.3, 0.4) is 0 Å². The number of aromatic nitrogens is 2. The van der Waals surface area contributed by atoms with Crippen LogP contribution < -0.4 is 5.56 Å². The lowest BCUT2D eigenvalue weighted by atomic mass is 10.1. The van der Waals surface area contributed by atoms with Gasteiger partial charge in [0.1, 0.15) is 5.82 Å². The van der Waals surface area contributed by atoms with Crippen molar-refractivity contribution in [2.24, 2.45) is 0 Å². The molecule has 18 heavy (non-hydrogen) atoms. The molecule has 1 heterocycles. The minimum Gasteiger partial charge on any atom is -0.292 e. The molecule has 4 nitrogen and oxygen atoms in total. The lowest BCUT2D eigenvalue weighted by molar-refractivity contribution is 0.0966. The Labute approximate surface area is 116 Å². The Balaban J connectivity index is 2.30. The fourth-order valence-corrected chi connectivity index (χ4v) is 1.93. The number of carbonyl (C=O) groups excluding carboxylic acids is 1. The SMILES string of the molecule is O=C(Cn1cncc(I)c1=O)c1ccccc1F. The first-order valence-electron chi connectivity index (χ1n) is 5.07. The molecular weight excluding hydrogens is 350 g/mol. The van der Waals surface area contributed by atoms with Gasteiger partial charge in [0.2, 0.25) is 0 Å². The zero-order chi connectivity index (χ0) is 13.1. The van der Waals surface area contributed by atoms with E-state index in [4.69, 9.17) is 0 Å². The molecule has 1 aromatic heterocycles. The topological polar surface area (TPSA) is 52.0 Å². The van der Waals surface area contributed by atoms with Crippen LogP contribution in [0.1, 0.15) is 10.4 Å². The Morgan fingerprint density at radius 2 is 2.11 bits per heavy atom. The molecule has 0 aliphatic rings. The summed E-state index contributed by atoms with van der Waals surface area (Å²) in [5.41, 5.74) is -0.335. The molecule has 0 atom stereocenters. The summed E-state index contributed by atoms with van der Waals surface area (Å²) in [5.74, 6) is -1.05. The van der Waals surface area contributed by atoms with Gasteiger partial charge in [0.25, 0.3) is 5.56 Å². The van der Waals surface area contributed by atoms with Crippen molar-refractivity contribution in [2.45, 2.75) is 6.54 Å². The highest BCUT2D eigenvalue weighted by Crippen LogP contribution is 2.08. The number of ketones is 1. The Morgan fingerprint density at radius 1 is 1.39 bits per heavy atom. The number of hydrogen-bond donors (Lipinski definition) is 0. The third-order valence-corrected chi connectivity index (χ3v) is 3.09. The average molecular weight is 358 g/mol.